The Kier molecular flexibility index (Phi) is 10.3. The quantitative estimate of drug-likeness (QED) is 0.213. The first-order valence-electron chi connectivity index (χ1n) is 14.3. The van der Waals surface area contributed by atoms with E-state index in [1.54, 1.807) is 36.4 Å². The number of benzene rings is 2. The van der Waals surface area contributed by atoms with Crippen molar-refractivity contribution in [2.45, 2.75) is 55.4 Å². The maximum absolute atomic E-state index is 13.7. The minimum atomic E-state index is -4.41. The zero-order chi connectivity index (χ0) is 30.2. The van der Waals surface area contributed by atoms with Gasteiger partial charge in [-0.2, -0.15) is 18.4 Å². The lowest BCUT2D eigenvalue weighted by molar-refractivity contribution is -0.140. The van der Waals surface area contributed by atoms with Crippen molar-refractivity contribution in [1.29, 1.82) is 5.26 Å². The maximum Gasteiger partial charge on any atom is 0.406 e. The number of nitrogens with zero attached hydrogens (tertiary/aromatic N) is 3. The molecule has 228 valence electrons. The van der Waals surface area contributed by atoms with E-state index in [9.17, 15) is 13.2 Å². The average Bonchev–Trinajstić information content (AvgIpc) is 3.35. The van der Waals surface area contributed by atoms with E-state index in [1.165, 1.54) is 4.57 Å². The summed E-state index contributed by atoms with van der Waals surface area (Å²) in [6, 6.07) is 15.2. The van der Waals surface area contributed by atoms with Crippen LogP contribution in [-0.4, -0.2) is 67.2 Å². The number of anilines is 2. The fourth-order valence-corrected chi connectivity index (χ4v) is 6.16. The van der Waals surface area contributed by atoms with Crippen LogP contribution in [0.5, 0.6) is 5.75 Å². The summed E-state index contributed by atoms with van der Waals surface area (Å²) < 4.78 is 53.2. The number of morpholine rings is 1. The number of fused-ring (bicyclic) bond motifs is 1. The summed E-state index contributed by atoms with van der Waals surface area (Å²) in [6.45, 7) is 2.41. The largest absolute Gasteiger partial charge is 0.477 e. The normalized spacial score (nSPS) is 19.3. The van der Waals surface area contributed by atoms with E-state index in [4.69, 9.17) is 19.9 Å². The molecule has 2 heterocycles. The van der Waals surface area contributed by atoms with Gasteiger partial charge >= 0.3 is 6.18 Å². The molecule has 1 aliphatic heterocycles. The molecule has 5 rings (SSSR count). The molecule has 2 aromatic carbocycles. The van der Waals surface area contributed by atoms with E-state index in [2.05, 4.69) is 27.4 Å². The lowest BCUT2D eigenvalue weighted by Crippen LogP contribution is -2.46. The molecule has 12 heteroatoms. The van der Waals surface area contributed by atoms with Crippen molar-refractivity contribution in [3.05, 3.63) is 48.2 Å². The number of hydrogen-bond donors (Lipinski definition) is 3. The highest BCUT2D eigenvalue weighted by Gasteiger charge is 2.31. The molecule has 0 spiro atoms. The number of aromatic nitrogens is 1. The molecule has 0 bridgehead atoms. The van der Waals surface area contributed by atoms with Crippen LogP contribution in [0.2, 0.25) is 0 Å². The molecule has 1 aromatic heterocycles. The van der Waals surface area contributed by atoms with Crippen molar-refractivity contribution in [1.82, 2.24) is 9.47 Å². The summed E-state index contributed by atoms with van der Waals surface area (Å²) in [7, 11) is 0. The topological polar surface area (TPSA) is 100 Å². The van der Waals surface area contributed by atoms with Crippen LogP contribution in [0.25, 0.3) is 10.9 Å². The lowest BCUT2D eigenvalue weighted by atomic mass is 9.89. The second-order valence-corrected chi connectivity index (χ2v) is 11.4. The summed E-state index contributed by atoms with van der Waals surface area (Å²) in [5.74, 6) is 6.34. The third-order valence-corrected chi connectivity index (χ3v) is 8.39. The summed E-state index contributed by atoms with van der Waals surface area (Å²) in [5, 5.41) is 22.0. The molecule has 2 aliphatic rings. The molecule has 0 amide bonds. The predicted molar refractivity (Wildman–Crippen MR) is 163 cm³/mol. The first-order valence-corrected chi connectivity index (χ1v) is 15.2. The number of nitrogens with one attached hydrogen (secondary N) is 2. The van der Waals surface area contributed by atoms with Crippen LogP contribution in [0.4, 0.5) is 24.5 Å². The highest BCUT2D eigenvalue weighted by atomic mass is 32.2. The molecule has 1 saturated heterocycles. The van der Waals surface area contributed by atoms with Gasteiger partial charge in [-0.25, -0.2) is 0 Å². The SMILES string of the molecule is N#CCOc1cc(SN)ccc1NCC#Cc1cc2c(NC3CCC(N4CCOCC4)CC3)cccc2n1CC(F)(F)F. The number of nitriles is 1. The van der Waals surface area contributed by atoms with Gasteiger partial charge in [0.15, 0.2) is 6.61 Å². The molecule has 43 heavy (non-hydrogen) atoms. The number of alkyl halides is 3. The number of ether oxygens (including phenoxy) is 2. The van der Waals surface area contributed by atoms with E-state index >= 15 is 0 Å². The molecule has 8 nitrogen and oxygen atoms in total. The zero-order valence-electron chi connectivity index (χ0n) is 23.8. The van der Waals surface area contributed by atoms with Gasteiger partial charge < -0.3 is 24.7 Å². The minimum Gasteiger partial charge on any atom is -0.477 e. The molecule has 0 unspecified atom stereocenters. The Morgan fingerprint density at radius 2 is 1.86 bits per heavy atom. The molecule has 2 fully saturated rings. The van der Waals surface area contributed by atoms with Gasteiger partial charge in [-0.3, -0.25) is 10.0 Å². The van der Waals surface area contributed by atoms with Gasteiger partial charge in [0.1, 0.15) is 18.4 Å². The molecule has 1 saturated carbocycles. The van der Waals surface area contributed by atoms with Crippen molar-refractivity contribution in [3.63, 3.8) is 0 Å². The number of halogens is 3. The fourth-order valence-electron chi connectivity index (χ4n) is 5.84. The molecule has 3 aromatic rings. The van der Waals surface area contributed by atoms with Crippen LogP contribution in [0.3, 0.4) is 0 Å². The van der Waals surface area contributed by atoms with Crippen molar-refractivity contribution in [2.24, 2.45) is 5.14 Å². The molecule has 0 radical (unpaired) electrons. The van der Waals surface area contributed by atoms with Crippen molar-refractivity contribution >= 4 is 34.2 Å². The predicted octanol–water partition coefficient (Wildman–Crippen LogP) is 5.59. The Bertz CT molecular complexity index is 1500. The summed E-state index contributed by atoms with van der Waals surface area (Å²) >= 11 is 1.05. The van der Waals surface area contributed by atoms with Gasteiger partial charge in [-0.1, -0.05) is 12.0 Å². The van der Waals surface area contributed by atoms with Gasteiger partial charge in [0.25, 0.3) is 0 Å². The summed E-state index contributed by atoms with van der Waals surface area (Å²) in [5.41, 5.74) is 2.21. The van der Waals surface area contributed by atoms with Crippen molar-refractivity contribution in [2.75, 3.05) is 50.1 Å². The molecule has 4 N–H and O–H groups in total. The van der Waals surface area contributed by atoms with Gasteiger partial charge in [0.05, 0.1) is 36.7 Å². The molecular weight excluding hydrogens is 577 g/mol. The summed E-state index contributed by atoms with van der Waals surface area (Å²) in [4.78, 5) is 3.28. The Labute approximate surface area is 253 Å². The van der Waals surface area contributed by atoms with Crippen LogP contribution in [-0.2, 0) is 11.3 Å². The molecule has 1 aliphatic carbocycles. The zero-order valence-corrected chi connectivity index (χ0v) is 24.6. The van der Waals surface area contributed by atoms with E-state index in [-0.39, 0.29) is 24.9 Å². The number of hydrogen-bond acceptors (Lipinski definition) is 8. The molecule has 0 atom stereocenters. The smallest absolute Gasteiger partial charge is 0.406 e. The first-order chi connectivity index (χ1) is 20.8. The standard InChI is InChI=1S/C31H35F3N6O2S/c32-31(33,34)21-40-24(3-2-13-37-28-11-10-25(43-36)20-30(28)42-16-12-35)19-26-27(4-1-5-29(26)40)38-22-6-8-23(9-7-22)39-14-17-41-18-15-39/h1,4-5,10-11,19-20,22-23,37-38H,6-9,13-18,21,36H2. The number of nitrogens with two attached hydrogens (primary N) is 1. The Hall–Kier alpha value is -3.55. The third-order valence-electron chi connectivity index (χ3n) is 7.87. The summed E-state index contributed by atoms with van der Waals surface area (Å²) in [6.07, 6.45) is -0.222. The van der Waals surface area contributed by atoms with Crippen LogP contribution < -0.4 is 20.5 Å². The highest BCUT2D eigenvalue weighted by Crippen LogP contribution is 2.33. The van der Waals surface area contributed by atoms with Crippen molar-refractivity contribution < 1.29 is 22.6 Å². The van der Waals surface area contributed by atoms with Crippen LogP contribution in [0.1, 0.15) is 31.4 Å². The average molecular weight is 613 g/mol. The van der Waals surface area contributed by atoms with Gasteiger partial charge in [-0.05, 0) is 79.9 Å². The van der Waals surface area contributed by atoms with E-state index in [0.717, 1.165) is 79.9 Å². The highest BCUT2D eigenvalue weighted by molar-refractivity contribution is 7.97. The lowest BCUT2D eigenvalue weighted by Gasteiger charge is -2.39. The maximum atomic E-state index is 13.7. The Morgan fingerprint density at radius 1 is 1.07 bits per heavy atom. The first kappa shape index (κ1) is 30.9. The van der Waals surface area contributed by atoms with Gasteiger partial charge in [0.2, 0.25) is 0 Å². The van der Waals surface area contributed by atoms with E-state index in [1.807, 2.05) is 12.1 Å². The monoisotopic (exact) mass is 612 g/mol. The van der Waals surface area contributed by atoms with Crippen LogP contribution >= 0.6 is 11.9 Å². The van der Waals surface area contributed by atoms with Crippen LogP contribution in [0.15, 0.2) is 47.4 Å². The Morgan fingerprint density at radius 3 is 2.58 bits per heavy atom. The second-order valence-electron chi connectivity index (χ2n) is 10.6. The van der Waals surface area contributed by atoms with E-state index in [0.29, 0.717) is 23.0 Å². The van der Waals surface area contributed by atoms with Gasteiger partial charge in [0, 0.05) is 41.1 Å². The number of rotatable bonds is 9. The second kappa shape index (κ2) is 14.3. The minimum absolute atomic E-state index is 0.137. The molecular formula is C31H35F3N6O2S. The van der Waals surface area contributed by atoms with Crippen LogP contribution in [0, 0.1) is 23.2 Å². The third kappa shape index (κ3) is 8.09. The van der Waals surface area contributed by atoms with E-state index < -0.39 is 12.7 Å². The fraction of sp³-hybridized carbons (Fsp3) is 0.452. The Balaban J connectivity index is 1.32. The van der Waals surface area contributed by atoms with Crippen molar-refractivity contribution in [3.8, 4) is 23.7 Å². The van der Waals surface area contributed by atoms with Gasteiger partial charge in [-0.15, -0.1) is 0 Å².